The van der Waals surface area contributed by atoms with Gasteiger partial charge in [-0.1, -0.05) is 12.1 Å². The first kappa shape index (κ1) is 14.4. The molecule has 0 spiro atoms. The van der Waals surface area contributed by atoms with Crippen molar-refractivity contribution >= 4 is 10.9 Å². The Morgan fingerprint density at radius 1 is 1.27 bits per heavy atom. The van der Waals surface area contributed by atoms with Crippen molar-refractivity contribution in [2.24, 2.45) is 0 Å². The normalized spacial score (nSPS) is 12.6. The van der Waals surface area contributed by atoms with Gasteiger partial charge in [-0.3, -0.25) is 14.0 Å². The van der Waals surface area contributed by atoms with Crippen molar-refractivity contribution in [3.63, 3.8) is 0 Å². The van der Waals surface area contributed by atoms with Crippen molar-refractivity contribution < 1.29 is 0 Å². The Hall–Kier alpha value is -2.54. The lowest BCUT2D eigenvalue weighted by Gasteiger charge is -2.15. The van der Waals surface area contributed by atoms with E-state index < -0.39 is 0 Å². The van der Waals surface area contributed by atoms with Crippen LogP contribution in [0.5, 0.6) is 0 Å². The summed E-state index contributed by atoms with van der Waals surface area (Å²) in [6.45, 7) is 4.13. The van der Waals surface area contributed by atoms with Crippen molar-refractivity contribution in [2.75, 3.05) is 6.54 Å². The van der Waals surface area contributed by atoms with E-state index in [-0.39, 0.29) is 11.6 Å². The molecule has 3 rings (SSSR count). The molecule has 1 atom stereocenters. The van der Waals surface area contributed by atoms with Crippen molar-refractivity contribution in [1.82, 2.24) is 29.6 Å². The third kappa shape index (κ3) is 3.20. The minimum atomic E-state index is -0.00414. The van der Waals surface area contributed by atoms with Crippen LogP contribution in [0, 0.1) is 0 Å². The standard InChI is InChI=1S/C15H18N6O/c1-12(17-6-7-21-10-16-9-19-21)8-20-11-18-14-5-3-2-4-13(14)15(20)22/h2-5,9-12,17H,6-8H2,1H3/t12-/m0/s1. The second-order valence-electron chi connectivity index (χ2n) is 5.23. The van der Waals surface area contributed by atoms with Crippen LogP contribution in [0.3, 0.4) is 0 Å². The second kappa shape index (κ2) is 6.48. The number of fused-ring (bicyclic) bond motifs is 1. The molecular formula is C15H18N6O. The van der Waals surface area contributed by atoms with Gasteiger partial charge in [0, 0.05) is 19.1 Å². The highest BCUT2D eigenvalue weighted by atomic mass is 16.1. The molecule has 22 heavy (non-hydrogen) atoms. The Balaban J connectivity index is 1.62. The van der Waals surface area contributed by atoms with Crippen LogP contribution in [0.15, 0.2) is 48.0 Å². The number of nitrogens with zero attached hydrogens (tertiary/aromatic N) is 5. The molecule has 1 N–H and O–H groups in total. The minimum Gasteiger partial charge on any atom is -0.311 e. The highest BCUT2D eigenvalue weighted by molar-refractivity contribution is 5.76. The number of nitrogens with one attached hydrogen (secondary N) is 1. The molecule has 7 nitrogen and oxygen atoms in total. The highest BCUT2D eigenvalue weighted by Gasteiger charge is 2.07. The van der Waals surface area contributed by atoms with Crippen molar-refractivity contribution in [2.45, 2.75) is 26.1 Å². The monoisotopic (exact) mass is 298 g/mol. The molecule has 0 unspecified atom stereocenters. The molecule has 2 heterocycles. The fraction of sp³-hybridized carbons (Fsp3) is 0.333. The maximum Gasteiger partial charge on any atom is 0.261 e. The third-order valence-electron chi connectivity index (χ3n) is 3.50. The number of aromatic nitrogens is 5. The average Bonchev–Trinajstić information content (AvgIpc) is 3.04. The summed E-state index contributed by atoms with van der Waals surface area (Å²) >= 11 is 0. The highest BCUT2D eigenvalue weighted by Crippen LogP contribution is 2.04. The summed E-state index contributed by atoms with van der Waals surface area (Å²) in [5.41, 5.74) is 0.728. The predicted molar refractivity (Wildman–Crippen MR) is 83.5 cm³/mol. The third-order valence-corrected chi connectivity index (χ3v) is 3.50. The van der Waals surface area contributed by atoms with Gasteiger partial charge in [-0.05, 0) is 19.1 Å². The fourth-order valence-electron chi connectivity index (χ4n) is 2.37. The zero-order chi connectivity index (χ0) is 15.4. The van der Waals surface area contributed by atoms with Crippen LogP contribution in [-0.4, -0.2) is 36.9 Å². The Kier molecular flexibility index (Phi) is 4.24. The smallest absolute Gasteiger partial charge is 0.261 e. The van der Waals surface area contributed by atoms with Crippen molar-refractivity contribution in [1.29, 1.82) is 0 Å². The molecular weight excluding hydrogens is 280 g/mol. The van der Waals surface area contributed by atoms with Gasteiger partial charge < -0.3 is 5.32 Å². The lowest BCUT2D eigenvalue weighted by atomic mass is 10.2. The summed E-state index contributed by atoms with van der Waals surface area (Å²) in [5.74, 6) is 0. The Bertz CT molecular complexity index is 795. The van der Waals surface area contributed by atoms with E-state index in [1.165, 1.54) is 6.33 Å². The molecule has 0 amide bonds. The number of para-hydroxylation sites is 1. The fourth-order valence-corrected chi connectivity index (χ4v) is 2.37. The maximum atomic E-state index is 12.4. The molecule has 0 bridgehead atoms. The van der Waals surface area contributed by atoms with Gasteiger partial charge in [0.05, 0.1) is 23.8 Å². The summed E-state index contributed by atoms with van der Waals surface area (Å²) in [4.78, 5) is 20.6. The van der Waals surface area contributed by atoms with E-state index in [4.69, 9.17) is 0 Å². The summed E-state index contributed by atoms with van der Waals surface area (Å²) in [7, 11) is 0. The number of hydrogen-bond acceptors (Lipinski definition) is 5. The lowest BCUT2D eigenvalue weighted by Crippen LogP contribution is -2.36. The molecule has 0 saturated heterocycles. The molecule has 2 aromatic heterocycles. The Labute approximate surface area is 127 Å². The molecule has 7 heteroatoms. The van der Waals surface area contributed by atoms with E-state index in [1.807, 2.05) is 31.2 Å². The Morgan fingerprint density at radius 3 is 2.95 bits per heavy atom. The molecule has 0 radical (unpaired) electrons. The van der Waals surface area contributed by atoms with E-state index in [9.17, 15) is 4.79 Å². The van der Waals surface area contributed by atoms with Gasteiger partial charge >= 0.3 is 0 Å². The zero-order valence-corrected chi connectivity index (χ0v) is 12.4. The van der Waals surface area contributed by atoms with Crippen molar-refractivity contribution in [3.8, 4) is 0 Å². The van der Waals surface area contributed by atoms with Gasteiger partial charge in [0.1, 0.15) is 12.7 Å². The van der Waals surface area contributed by atoms with E-state index in [0.717, 1.165) is 18.6 Å². The van der Waals surface area contributed by atoms with Gasteiger partial charge in [-0.15, -0.1) is 0 Å². The summed E-state index contributed by atoms with van der Waals surface area (Å²) in [5, 5.41) is 8.07. The summed E-state index contributed by atoms with van der Waals surface area (Å²) < 4.78 is 3.42. The lowest BCUT2D eigenvalue weighted by molar-refractivity contribution is 0.444. The molecule has 0 aliphatic heterocycles. The van der Waals surface area contributed by atoms with E-state index >= 15 is 0 Å². The van der Waals surface area contributed by atoms with Crippen LogP contribution < -0.4 is 10.9 Å². The minimum absolute atomic E-state index is 0.00414. The largest absolute Gasteiger partial charge is 0.311 e. The Morgan fingerprint density at radius 2 is 2.14 bits per heavy atom. The van der Waals surface area contributed by atoms with Crippen LogP contribution in [0.2, 0.25) is 0 Å². The second-order valence-corrected chi connectivity index (χ2v) is 5.23. The van der Waals surface area contributed by atoms with Crippen LogP contribution in [0.4, 0.5) is 0 Å². The van der Waals surface area contributed by atoms with E-state index in [1.54, 1.807) is 21.9 Å². The zero-order valence-electron chi connectivity index (χ0n) is 12.4. The maximum absolute atomic E-state index is 12.4. The molecule has 0 aliphatic rings. The van der Waals surface area contributed by atoms with Gasteiger partial charge in [0.15, 0.2) is 0 Å². The van der Waals surface area contributed by atoms with Gasteiger partial charge in [0.2, 0.25) is 0 Å². The summed E-state index contributed by atoms with van der Waals surface area (Å²) in [6, 6.07) is 7.55. The number of rotatable bonds is 6. The average molecular weight is 298 g/mol. The summed E-state index contributed by atoms with van der Waals surface area (Å²) in [6.07, 6.45) is 4.81. The number of hydrogen-bond donors (Lipinski definition) is 1. The first-order valence-electron chi connectivity index (χ1n) is 7.24. The molecule has 114 valence electrons. The quantitative estimate of drug-likeness (QED) is 0.723. The molecule has 0 aliphatic carbocycles. The molecule has 0 saturated carbocycles. The van der Waals surface area contributed by atoms with Crippen LogP contribution >= 0.6 is 0 Å². The molecule has 1 aromatic carbocycles. The van der Waals surface area contributed by atoms with Crippen molar-refractivity contribution in [3.05, 3.63) is 53.6 Å². The first-order chi connectivity index (χ1) is 10.7. The van der Waals surface area contributed by atoms with Gasteiger partial charge in [-0.25, -0.2) is 9.97 Å². The van der Waals surface area contributed by atoms with E-state index in [2.05, 4.69) is 20.4 Å². The van der Waals surface area contributed by atoms with Crippen LogP contribution in [0.25, 0.3) is 10.9 Å². The molecule has 0 fully saturated rings. The van der Waals surface area contributed by atoms with Crippen LogP contribution in [-0.2, 0) is 13.1 Å². The number of benzene rings is 1. The topological polar surface area (TPSA) is 77.6 Å². The molecule has 3 aromatic rings. The SMILES string of the molecule is C[C@@H](Cn1cnc2ccccc2c1=O)NCCn1cncn1. The predicted octanol–water partition coefficient (Wildman–Crippen LogP) is 0.666. The van der Waals surface area contributed by atoms with E-state index in [0.29, 0.717) is 11.9 Å². The van der Waals surface area contributed by atoms with Crippen LogP contribution in [0.1, 0.15) is 6.92 Å². The first-order valence-corrected chi connectivity index (χ1v) is 7.24. The van der Waals surface area contributed by atoms with Gasteiger partial charge in [0.25, 0.3) is 5.56 Å². The van der Waals surface area contributed by atoms with Gasteiger partial charge in [-0.2, -0.15) is 5.10 Å².